The molecule has 1 N–H and O–H groups in total. The number of benzene rings is 2. The lowest BCUT2D eigenvalue weighted by Gasteiger charge is -2.07. The summed E-state index contributed by atoms with van der Waals surface area (Å²) < 4.78 is 27.4. The fourth-order valence-corrected chi connectivity index (χ4v) is 1.60. The van der Waals surface area contributed by atoms with Gasteiger partial charge >= 0.3 is 0 Å². The van der Waals surface area contributed by atoms with Gasteiger partial charge in [-0.1, -0.05) is 30.3 Å². The Labute approximate surface area is 92.7 Å². The molecule has 0 saturated heterocycles. The largest absolute Gasteiger partial charge is 0.388 e. The van der Waals surface area contributed by atoms with E-state index in [9.17, 15) is 8.78 Å². The first-order chi connectivity index (χ1) is 7.72. The average molecular weight is 219 g/mol. The molecule has 2 aromatic rings. The van der Waals surface area contributed by atoms with E-state index in [0.29, 0.717) is 11.3 Å². The fourth-order valence-electron chi connectivity index (χ4n) is 1.60. The summed E-state index contributed by atoms with van der Waals surface area (Å²) in [4.78, 5) is 0. The highest BCUT2D eigenvalue weighted by atomic mass is 19.1. The highest BCUT2D eigenvalue weighted by Gasteiger charge is 2.12. The van der Waals surface area contributed by atoms with E-state index in [-0.39, 0.29) is 5.56 Å². The molecule has 0 aliphatic heterocycles. The van der Waals surface area contributed by atoms with Gasteiger partial charge in [0.05, 0.1) is 5.56 Å². The number of nitrogens with one attached hydrogen (secondary N) is 1. The number of hydrogen-bond donors (Lipinski definition) is 1. The third-order valence-corrected chi connectivity index (χ3v) is 2.39. The molecule has 0 saturated carbocycles. The second-order valence-corrected chi connectivity index (χ2v) is 3.43. The second kappa shape index (κ2) is 4.31. The van der Waals surface area contributed by atoms with Crippen LogP contribution in [0.4, 0.5) is 14.5 Å². The van der Waals surface area contributed by atoms with Gasteiger partial charge in [-0.15, -0.1) is 0 Å². The van der Waals surface area contributed by atoms with E-state index < -0.39 is 11.6 Å². The zero-order chi connectivity index (χ0) is 11.5. The van der Waals surface area contributed by atoms with Crippen LogP contribution in [0.25, 0.3) is 11.1 Å². The Morgan fingerprint density at radius 1 is 0.938 bits per heavy atom. The Hall–Kier alpha value is -1.90. The van der Waals surface area contributed by atoms with Gasteiger partial charge in [0.15, 0.2) is 0 Å². The lowest BCUT2D eigenvalue weighted by molar-refractivity contribution is 0.590. The molecule has 0 aromatic heterocycles. The van der Waals surface area contributed by atoms with Crippen molar-refractivity contribution in [3.63, 3.8) is 0 Å². The quantitative estimate of drug-likeness (QED) is 0.812. The molecule has 0 unspecified atom stereocenters. The summed E-state index contributed by atoms with van der Waals surface area (Å²) >= 11 is 0. The van der Waals surface area contributed by atoms with Gasteiger partial charge in [0, 0.05) is 12.7 Å². The normalized spacial score (nSPS) is 10.2. The molecule has 16 heavy (non-hydrogen) atoms. The van der Waals surface area contributed by atoms with Crippen molar-refractivity contribution in [2.75, 3.05) is 12.4 Å². The standard InChI is InChI=1S/C13H11F2N/c1-16-10-7-11(14)13(12(15)8-10)9-5-3-2-4-6-9/h2-8,16H,1H3. The van der Waals surface area contributed by atoms with Crippen LogP contribution < -0.4 is 5.32 Å². The molecule has 0 atom stereocenters. The molecule has 3 heteroatoms. The van der Waals surface area contributed by atoms with E-state index in [1.54, 1.807) is 37.4 Å². The van der Waals surface area contributed by atoms with E-state index >= 15 is 0 Å². The predicted octanol–water partition coefficient (Wildman–Crippen LogP) is 3.67. The highest BCUT2D eigenvalue weighted by molar-refractivity contribution is 5.67. The van der Waals surface area contributed by atoms with Gasteiger partial charge in [-0.25, -0.2) is 8.78 Å². The van der Waals surface area contributed by atoms with Crippen molar-refractivity contribution >= 4 is 5.69 Å². The SMILES string of the molecule is CNc1cc(F)c(-c2ccccc2)c(F)c1. The number of hydrogen-bond acceptors (Lipinski definition) is 1. The van der Waals surface area contributed by atoms with Crippen LogP contribution in [0, 0.1) is 11.6 Å². The van der Waals surface area contributed by atoms with Crippen molar-refractivity contribution in [3.8, 4) is 11.1 Å². The lowest BCUT2D eigenvalue weighted by Crippen LogP contribution is -1.95. The number of rotatable bonds is 2. The van der Waals surface area contributed by atoms with Gasteiger partial charge < -0.3 is 5.32 Å². The van der Waals surface area contributed by atoms with Crippen molar-refractivity contribution in [3.05, 3.63) is 54.1 Å². The molecule has 0 heterocycles. The molecule has 0 amide bonds. The molecule has 82 valence electrons. The summed E-state index contributed by atoms with van der Waals surface area (Å²) in [5.74, 6) is -1.12. The summed E-state index contributed by atoms with van der Waals surface area (Å²) in [5, 5.41) is 2.71. The molecule has 2 aromatic carbocycles. The second-order valence-electron chi connectivity index (χ2n) is 3.43. The smallest absolute Gasteiger partial charge is 0.136 e. The zero-order valence-electron chi connectivity index (χ0n) is 8.80. The minimum atomic E-state index is -0.560. The van der Waals surface area contributed by atoms with Gasteiger partial charge in [-0.2, -0.15) is 0 Å². The molecule has 0 radical (unpaired) electrons. The maximum Gasteiger partial charge on any atom is 0.136 e. The fraction of sp³-hybridized carbons (Fsp3) is 0.0769. The first-order valence-electron chi connectivity index (χ1n) is 4.94. The van der Waals surface area contributed by atoms with Crippen molar-refractivity contribution < 1.29 is 8.78 Å². The third-order valence-electron chi connectivity index (χ3n) is 2.39. The van der Waals surface area contributed by atoms with Gasteiger partial charge in [-0.05, 0) is 17.7 Å². The summed E-state index contributed by atoms with van der Waals surface area (Å²) in [6.45, 7) is 0. The Balaban J connectivity index is 2.58. The van der Waals surface area contributed by atoms with Crippen molar-refractivity contribution in [1.82, 2.24) is 0 Å². The van der Waals surface area contributed by atoms with Crippen molar-refractivity contribution in [2.24, 2.45) is 0 Å². The molecule has 0 aliphatic rings. The minimum Gasteiger partial charge on any atom is -0.388 e. The number of anilines is 1. The van der Waals surface area contributed by atoms with Gasteiger partial charge in [0.1, 0.15) is 11.6 Å². The van der Waals surface area contributed by atoms with Crippen molar-refractivity contribution in [1.29, 1.82) is 0 Å². The summed E-state index contributed by atoms with van der Waals surface area (Å²) in [5.41, 5.74) is 0.981. The summed E-state index contributed by atoms with van der Waals surface area (Å²) in [6.07, 6.45) is 0. The average Bonchev–Trinajstić information content (AvgIpc) is 2.29. The van der Waals surface area contributed by atoms with E-state index in [1.165, 1.54) is 12.1 Å². The maximum atomic E-state index is 13.7. The van der Waals surface area contributed by atoms with Gasteiger partial charge in [-0.3, -0.25) is 0 Å². The van der Waals surface area contributed by atoms with Crippen LogP contribution in [0.5, 0.6) is 0 Å². The Bertz CT molecular complexity index is 472. The molecule has 0 aliphatic carbocycles. The Kier molecular flexibility index (Phi) is 2.86. The number of halogens is 2. The molecule has 0 fully saturated rings. The van der Waals surface area contributed by atoms with Crippen LogP contribution in [0.3, 0.4) is 0 Å². The van der Waals surface area contributed by atoms with Crippen LogP contribution in [-0.2, 0) is 0 Å². The zero-order valence-corrected chi connectivity index (χ0v) is 8.80. The molecule has 0 bridgehead atoms. The van der Waals surface area contributed by atoms with E-state index in [0.717, 1.165) is 0 Å². The minimum absolute atomic E-state index is 0.0135. The van der Waals surface area contributed by atoms with E-state index in [4.69, 9.17) is 0 Å². The third kappa shape index (κ3) is 1.89. The molecule has 0 spiro atoms. The predicted molar refractivity (Wildman–Crippen MR) is 61.3 cm³/mol. The summed E-state index contributed by atoms with van der Waals surface area (Å²) in [7, 11) is 1.62. The molecule has 2 rings (SSSR count). The Morgan fingerprint density at radius 2 is 1.50 bits per heavy atom. The van der Waals surface area contributed by atoms with Gasteiger partial charge in [0.25, 0.3) is 0 Å². The highest BCUT2D eigenvalue weighted by Crippen LogP contribution is 2.28. The van der Waals surface area contributed by atoms with E-state index in [2.05, 4.69) is 5.32 Å². The van der Waals surface area contributed by atoms with Crippen LogP contribution in [-0.4, -0.2) is 7.05 Å². The molecule has 1 nitrogen and oxygen atoms in total. The first-order valence-corrected chi connectivity index (χ1v) is 4.94. The van der Waals surface area contributed by atoms with Crippen molar-refractivity contribution in [2.45, 2.75) is 0 Å². The Morgan fingerprint density at radius 3 is 2.00 bits per heavy atom. The molecular weight excluding hydrogens is 208 g/mol. The lowest BCUT2D eigenvalue weighted by atomic mass is 10.0. The van der Waals surface area contributed by atoms with E-state index in [1.807, 2.05) is 0 Å². The summed E-state index contributed by atoms with van der Waals surface area (Å²) in [6, 6.07) is 11.2. The van der Waals surface area contributed by atoms with Crippen LogP contribution in [0.15, 0.2) is 42.5 Å². The van der Waals surface area contributed by atoms with Crippen LogP contribution >= 0.6 is 0 Å². The van der Waals surface area contributed by atoms with Crippen LogP contribution in [0.2, 0.25) is 0 Å². The maximum absolute atomic E-state index is 13.7. The first kappa shape index (κ1) is 10.6. The monoisotopic (exact) mass is 219 g/mol. The molecular formula is C13H11F2N. The van der Waals surface area contributed by atoms with Gasteiger partial charge in [0.2, 0.25) is 0 Å². The van der Waals surface area contributed by atoms with Crippen LogP contribution in [0.1, 0.15) is 0 Å². The topological polar surface area (TPSA) is 12.0 Å².